The zero-order valence-corrected chi connectivity index (χ0v) is 11.5. The van der Waals surface area contributed by atoms with Crippen molar-refractivity contribution in [2.45, 2.75) is 6.18 Å². The van der Waals surface area contributed by atoms with Crippen molar-refractivity contribution in [2.24, 2.45) is 0 Å². The van der Waals surface area contributed by atoms with Crippen LogP contribution in [0.5, 0.6) is 0 Å². The van der Waals surface area contributed by atoms with Crippen LogP contribution in [0.3, 0.4) is 0 Å². The van der Waals surface area contributed by atoms with Crippen molar-refractivity contribution in [3.63, 3.8) is 0 Å². The number of hydrogen-bond acceptors (Lipinski definition) is 1. The van der Waals surface area contributed by atoms with Crippen molar-refractivity contribution < 1.29 is 18.0 Å². The molecule has 0 unspecified atom stereocenters. The van der Waals surface area contributed by atoms with E-state index in [1.54, 1.807) is 0 Å². The summed E-state index contributed by atoms with van der Waals surface area (Å²) in [5.74, 6) is -0.376. The van der Waals surface area contributed by atoms with Crippen molar-refractivity contribution in [3.8, 4) is 0 Å². The molecular formula is C9H4Br2ClF3O. The lowest BCUT2D eigenvalue weighted by Gasteiger charge is -2.12. The van der Waals surface area contributed by atoms with Crippen molar-refractivity contribution >= 4 is 49.2 Å². The van der Waals surface area contributed by atoms with Crippen LogP contribution in [0, 0.1) is 0 Å². The maximum Gasteiger partial charge on any atom is 0.417 e. The van der Waals surface area contributed by atoms with E-state index in [0.717, 1.165) is 12.1 Å². The molecule has 0 aliphatic heterocycles. The third kappa shape index (κ3) is 2.78. The Bertz CT molecular complexity index is 431. The highest BCUT2D eigenvalue weighted by molar-refractivity contribution is 9.10. The van der Waals surface area contributed by atoms with Crippen LogP contribution in [0.15, 0.2) is 16.6 Å². The molecule has 0 aliphatic rings. The van der Waals surface area contributed by atoms with Gasteiger partial charge in [-0.1, -0.05) is 27.5 Å². The Labute approximate surface area is 111 Å². The Balaban J connectivity index is 3.35. The molecule has 0 spiro atoms. The lowest BCUT2D eigenvalue weighted by molar-refractivity contribution is -0.138. The fraction of sp³-hybridized carbons (Fsp3) is 0.222. The Morgan fingerprint density at radius 3 is 2.38 bits per heavy atom. The van der Waals surface area contributed by atoms with Gasteiger partial charge in [-0.3, -0.25) is 4.79 Å². The summed E-state index contributed by atoms with van der Waals surface area (Å²) >= 11 is 11.4. The number of rotatable bonds is 2. The van der Waals surface area contributed by atoms with E-state index in [-0.39, 0.29) is 26.2 Å². The van der Waals surface area contributed by atoms with Crippen LogP contribution in [-0.4, -0.2) is 11.1 Å². The number of alkyl halides is 4. The van der Waals surface area contributed by atoms with Crippen LogP contribution in [-0.2, 0) is 6.18 Å². The summed E-state index contributed by atoms with van der Waals surface area (Å²) < 4.78 is 37.1. The van der Waals surface area contributed by atoms with Crippen molar-refractivity contribution in [1.29, 1.82) is 0 Å². The zero-order valence-electron chi connectivity index (χ0n) is 7.54. The molecule has 0 aliphatic carbocycles. The molecule has 0 N–H and O–H groups in total. The summed E-state index contributed by atoms with van der Waals surface area (Å²) in [5, 5.41) is -0.218. The van der Waals surface area contributed by atoms with E-state index in [2.05, 4.69) is 31.9 Å². The lowest BCUT2D eigenvalue weighted by atomic mass is 10.1. The van der Waals surface area contributed by atoms with Gasteiger partial charge in [0.15, 0.2) is 5.78 Å². The van der Waals surface area contributed by atoms with Gasteiger partial charge in [-0.25, -0.2) is 0 Å². The first kappa shape index (κ1) is 14.0. The summed E-state index contributed by atoms with van der Waals surface area (Å²) in [6, 6.07) is 1.89. The number of hydrogen-bond donors (Lipinski definition) is 0. The molecule has 0 fully saturated rings. The molecule has 0 amide bonds. The van der Waals surface area contributed by atoms with Crippen molar-refractivity contribution in [2.75, 3.05) is 5.33 Å². The van der Waals surface area contributed by atoms with Crippen molar-refractivity contribution in [3.05, 3.63) is 32.8 Å². The standard InChI is InChI=1S/C9H4Br2ClF3O/c10-3-6(16)4-1-2-5(9(13,14)15)7(11)8(4)12/h1-2H,3H2. The average molecular weight is 380 g/mol. The second-order valence-electron chi connectivity index (χ2n) is 2.84. The number of carbonyl (C=O) groups excluding carboxylic acids is 1. The van der Waals surface area contributed by atoms with Crippen molar-refractivity contribution in [1.82, 2.24) is 0 Å². The summed E-state index contributed by atoms with van der Waals surface area (Å²) in [7, 11) is 0. The molecule has 1 aromatic rings. The molecule has 88 valence electrons. The molecule has 0 heterocycles. The third-order valence-corrected chi connectivity index (χ3v) is 3.76. The predicted octanol–water partition coefficient (Wildman–Crippen LogP) is 4.70. The quantitative estimate of drug-likeness (QED) is 0.537. The number of carbonyl (C=O) groups is 1. The highest BCUT2D eigenvalue weighted by atomic mass is 79.9. The highest BCUT2D eigenvalue weighted by Crippen LogP contribution is 2.39. The van der Waals surface area contributed by atoms with Crippen LogP contribution in [0.2, 0.25) is 5.02 Å². The summed E-state index contributed by atoms with van der Waals surface area (Å²) in [6.45, 7) is 0. The van der Waals surface area contributed by atoms with Gasteiger partial charge in [-0.05, 0) is 28.1 Å². The number of benzene rings is 1. The molecule has 0 aromatic heterocycles. The van der Waals surface area contributed by atoms with E-state index in [9.17, 15) is 18.0 Å². The monoisotopic (exact) mass is 378 g/mol. The topological polar surface area (TPSA) is 17.1 Å². The zero-order chi connectivity index (χ0) is 12.5. The molecule has 16 heavy (non-hydrogen) atoms. The van der Waals surface area contributed by atoms with Gasteiger partial charge in [0, 0.05) is 10.0 Å². The molecule has 7 heteroatoms. The Kier molecular flexibility index (Phi) is 4.42. The highest BCUT2D eigenvalue weighted by Gasteiger charge is 2.34. The fourth-order valence-electron chi connectivity index (χ4n) is 1.06. The van der Waals surface area contributed by atoms with Crippen LogP contribution >= 0.6 is 43.5 Å². The Morgan fingerprint density at radius 2 is 1.94 bits per heavy atom. The van der Waals surface area contributed by atoms with Gasteiger partial charge in [0.25, 0.3) is 0 Å². The molecule has 0 saturated carbocycles. The first-order valence-electron chi connectivity index (χ1n) is 3.93. The van der Waals surface area contributed by atoms with Gasteiger partial charge < -0.3 is 0 Å². The van der Waals surface area contributed by atoms with E-state index in [1.807, 2.05) is 0 Å². The molecule has 1 nitrogen and oxygen atoms in total. The van der Waals surface area contributed by atoms with Gasteiger partial charge in [0.05, 0.1) is 15.9 Å². The van der Waals surface area contributed by atoms with E-state index in [0.29, 0.717) is 0 Å². The van der Waals surface area contributed by atoms with E-state index < -0.39 is 11.7 Å². The molecule has 0 radical (unpaired) electrons. The predicted molar refractivity (Wildman–Crippen MR) is 62.3 cm³/mol. The third-order valence-electron chi connectivity index (χ3n) is 1.81. The Hall–Kier alpha value is -0.0700. The summed E-state index contributed by atoms with van der Waals surface area (Å²) in [6.07, 6.45) is -4.50. The minimum atomic E-state index is -4.50. The molecule has 1 rings (SSSR count). The summed E-state index contributed by atoms with van der Waals surface area (Å²) in [5.41, 5.74) is -0.845. The lowest BCUT2D eigenvalue weighted by Crippen LogP contribution is -2.09. The number of ketones is 1. The van der Waals surface area contributed by atoms with E-state index in [4.69, 9.17) is 11.6 Å². The molecule has 0 atom stereocenters. The van der Waals surface area contributed by atoms with E-state index >= 15 is 0 Å². The average Bonchev–Trinajstić information content (AvgIpc) is 2.19. The minimum absolute atomic E-state index is 0.00449. The second-order valence-corrected chi connectivity index (χ2v) is 4.57. The van der Waals surface area contributed by atoms with Gasteiger partial charge in [0.1, 0.15) is 0 Å². The molecule has 1 aromatic carbocycles. The first-order chi connectivity index (χ1) is 7.29. The van der Waals surface area contributed by atoms with Gasteiger partial charge in [0.2, 0.25) is 0 Å². The SMILES string of the molecule is O=C(CBr)c1ccc(C(F)(F)F)c(Br)c1Cl. The normalized spacial score (nSPS) is 11.6. The smallest absolute Gasteiger partial charge is 0.293 e. The van der Waals surface area contributed by atoms with Gasteiger partial charge in [-0.2, -0.15) is 13.2 Å². The molecule has 0 saturated heterocycles. The summed E-state index contributed by atoms with van der Waals surface area (Å²) in [4.78, 5) is 11.3. The maximum absolute atomic E-state index is 12.5. The van der Waals surface area contributed by atoms with Gasteiger partial charge >= 0.3 is 6.18 Å². The molecular weight excluding hydrogens is 376 g/mol. The first-order valence-corrected chi connectivity index (χ1v) is 6.22. The molecule has 0 bridgehead atoms. The maximum atomic E-state index is 12.5. The van der Waals surface area contributed by atoms with Gasteiger partial charge in [-0.15, -0.1) is 0 Å². The number of Topliss-reactive ketones (excluding diaryl/α,β-unsaturated/α-hetero) is 1. The minimum Gasteiger partial charge on any atom is -0.293 e. The van der Waals surface area contributed by atoms with E-state index in [1.165, 1.54) is 0 Å². The largest absolute Gasteiger partial charge is 0.417 e. The second kappa shape index (κ2) is 5.06. The Morgan fingerprint density at radius 1 is 1.38 bits per heavy atom. The number of halogens is 6. The van der Waals surface area contributed by atoms with Crippen LogP contribution in [0.4, 0.5) is 13.2 Å². The van der Waals surface area contributed by atoms with Crippen LogP contribution < -0.4 is 0 Å². The van der Waals surface area contributed by atoms with Crippen LogP contribution in [0.25, 0.3) is 0 Å². The van der Waals surface area contributed by atoms with Crippen LogP contribution in [0.1, 0.15) is 15.9 Å². The fourth-order valence-corrected chi connectivity index (χ4v) is 2.20.